The number of urea groups is 1. The van der Waals surface area contributed by atoms with E-state index in [1.165, 1.54) is 35.6 Å². The van der Waals surface area contributed by atoms with Gasteiger partial charge < -0.3 is 15.4 Å². The van der Waals surface area contributed by atoms with Gasteiger partial charge in [0.25, 0.3) is 5.91 Å². The number of rotatable bonds is 7. The standard InChI is InChI=1S/C18H17F2N3O4S/c1-18(12-6-7-28-10-12)15(25)23(17(26)22-18)9-14(24)21-8-11-2-4-13(5-3-11)27-16(19)20/h2-7,10,16H,8-9H2,1H3,(H,21,24)(H,22,26). The molecule has 0 saturated carbocycles. The fourth-order valence-corrected chi connectivity index (χ4v) is 3.54. The predicted octanol–water partition coefficient (Wildman–Crippen LogP) is 2.43. The van der Waals surface area contributed by atoms with Crippen LogP contribution in [0.5, 0.6) is 5.75 Å². The second kappa shape index (κ2) is 7.93. The molecular weight excluding hydrogens is 392 g/mol. The van der Waals surface area contributed by atoms with Crippen molar-refractivity contribution < 1.29 is 27.9 Å². The van der Waals surface area contributed by atoms with Crippen LogP contribution in [0.1, 0.15) is 18.1 Å². The Morgan fingerprint density at radius 2 is 2.00 bits per heavy atom. The number of ether oxygens (including phenoxy) is 1. The first-order valence-corrected chi connectivity index (χ1v) is 9.21. The number of carbonyl (C=O) groups is 3. The fraction of sp³-hybridized carbons (Fsp3) is 0.278. The van der Waals surface area contributed by atoms with E-state index in [9.17, 15) is 23.2 Å². The molecule has 28 heavy (non-hydrogen) atoms. The lowest BCUT2D eigenvalue weighted by Gasteiger charge is -2.20. The lowest BCUT2D eigenvalue weighted by atomic mass is 9.95. The molecule has 3 rings (SSSR count). The van der Waals surface area contributed by atoms with Gasteiger partial charge in [-0.2, -0.15) is 20.1 Å². The molecule has 0 spiro atoms. The molecule has 1 atom stereocenters. The SMILES string of the molecule is CC1(c2ccsc2)NC(=O)N(CC(=O)NCc2ccc(OC(F)F)cc2)C1=O. The number of alkyl halides is 2. The van der Waals surface area contributed by atoms with Crippen molar-refractivity contribution in [1.29, 1.82) is 0 Å². The Morgan fingerprint density at radius 3 is 2.61 bits per heavy atom. The van der Waals surface area contributed by atoms with E-state index >= 15 is 0 Å². The molecule has 1 aliphatic rings. The number of thiophene rings is 1. The number of benzene rings is 1. The van der Waals surface area contributed by atoms with Crippen LogP contribution in [0.2, 0.25) is 0 Å². The second-order valence-corrected chi connectivity index (χ2v) is 7.04. The van der Waals surface area contributed by atoms with Crippen LogP contribution in [0, 0.1) is 0 Å². The first-order chi connectivity index (χ1) is 13.3. The van der Waals surface area contributed by atoms with Crippen molar-refractivity contribution in [3.8, 4) is 5.75 Å². The average Bonchev–Trinajstić information content (AvgIpc) is 3.25. The number of halogens is 2. The molecule has 10 heteroatoms. The highest BCUT2D eigenvalue weighted by Gasteiger charge is 2.49. The molecule has 0 bridgehead atoms. The smallest absolute Gasteiger partial charge is 0.387 e. The number of carbonyl (C=O) groups excluding carboxylic acids is 3. The van der Waals surface area contributed by atoms with Gasteiger partial charge in [-0.1, -0.05) is 12.1 Å². The van der Waals surface area contributed by atoms with Gasteiger partial charge in [-0.25, -0.2) is 4.79 Å². The summed E-state index contributed by atoms with van der Waals surface area (Å²) in [5, 5.41) is 8.78. The van der Waals surface area contributed by atoms with Crippen molar-refractivity contribution in [3.05, 3.63) is 52.2 Å². The van der Waals surface area contributed by atoms with E-state index in [4.69, 9.17) is 0 Å². The van der Waals surface area contributed by atoms with Gasteiger partial charge >= 0.3 is 12.6 Å². The van der Waals surface area contributed by atoms with Gasteiger partial charge in [0.2, 0.25) is 5.91 Å². The van der Waals surface area contributed by atoms with Crippen LogP contribution in [0.25, 0.3) is 0 Å². The molecule has 7 nitrogen and oxygen atoms in total. The van der Waals surface area contributed by atoms with Crippen LogP contribution >= 0.6 is 11.3 Å². The van der Waals surface area contributed by atoms with Crippen LogP contribution in [0.4, 0.5) is 13.6 Å². The first kappa shape index (κ1) is 19.7. The molecule has 1 aromatic heterocycles. The molecule has 0 radical (unpaired) electrons. The Morgan fingerprint density at radius 1 is 1.29 bits per heavy atom. The molecular formula is C18H17F2N3O4S. The quantitative estimate of drug-likeness (QED) is 0.688. The van der Waals surface area contributed by atoms with E-state index in [0.29, 0.717) is 11.1 Å². The van der Waals surface area contributed by atoms with Gasteiger partial charge in [0.1, 0.15) is 17.8 Å². The summed E-state index contributed by atoms with van der Waals surface area (Å²) in [5.74, 6) is -1.01. The summed E-state index contributed by atoms with van der Waals surface area (Å²) in [6.45, 7) is -1.62. The number of nitrogens with one attached hydrogen (secondary N) is 2. The van der Waals surface area contributed by atoms with Crippen LogP contribution in [0.15, 0.2) is 41.1 Å². The lowest BCUT2D eigenvalue weighted by molar-refractivity contribution is -0.134. The van der Waals surface area contributed by atoms with E-state index in [1.807, 2.05) is 0 Å². The maximum absolute atomic E-state index is 12.7. The van der Waals surface area contributed by atoms with E-state index < -0.39 is 36.5 Å². The Kier molecular flexibility index (Phi) is 5.59. The van der Waals surface area contributed by atoms with Gasteiger partial charge in [0.05, 0.1) is 0 Å². The minimum absolute atomic E-state index is 0.0112. The van der Waals surface area contributed by atoms with E-state index in [2.05, 4.69) is 15.4 Å². The van der Waals surface area contributed by atoms with Crippen molar-refractivity contribution in [2.75, 3.05) is 6.54 Å². The topological polar surface area (TPSA) is 87.7 Å². The largest absolute Gasteiger partial charge is 0.435 e. The van der Waals surface area contributed by atoms with Crippen LogP contribution in [-0.4, -0.2) is 35.9 Å². The van der Waals surface area contributed by atoms with Crippen LogP contribution < -0.4 is 15.4 Å². The number of nitrogens with zero attached hydrogens (tertiary/aromatic N) is 1. The molecule has 1 unspecified atom stereocenters. The monoisotopic (exact) mass is 409 g/mol. The Labute approximate surface area is 163 Å². The van der Waals surface area contributed by atoms with E-state index in [-0.39, 0.29) is 12.3 Å². The second-order valence-electron chi connectivity index (χ2n) is 6.26. The number of amides is 4. The van der Waals surface area contributed by atoms with Gasteiger partial charge in [-0.05, 0) is 47.0 Å². The highest BCUT2D eigenvalue weighted by Crippen LogP contribution is 2.30. The van der Waals surface area contributed by atoms with Gasteiger partial charge in [0, 0.05) is 6.54 Å². The van der Waals surface area contributed by atoms with Crippen molar-refractivity contribution in [1.82, 2.24) is 15.5 Å². The Balaban J connectivity index is 1.56. The molecule has 1 fully saturated rings. The summed E-state index contributed by atoms with van der Waals surface area (Å²) in [7, 11) is 0. The third kappa shape index (κ3) is 4.11. The normalized spacial score (nSPS) is 19.1. The summed E-state index contributed by atoms with van der Waals surface area (Å²) < 4.78 is 28.5. The zero-order chi connectivity index (χ0) is 20.3. The lowest BCUT2D eigenvalue weighted by Crippen LogP contribution is -2.43. The fourth-order valence-electron chi connectivity index (χ4n) is 2.77. The highest BCUT2D eigenvalue weighted by molar-refractivity contribution is 7.08. The minimum Gasteiger partial charge on any atom is -0.435 e. The van der Waals surface area contributed by atoms with Crippen molar-refractivity contribution in [2.45, 2.75) is 25.6 Å². The Bertz CT molecular complexity index is 873. The molecule has 4 amide bonds. The number of hydrogen-bond acceptors (Lipinski definition) is 5. The molecule has 1 saturated heterocycles. The first-order valence-electron chi connectivity index (χ1n) is 8.27. The molecule has 2 aromatic rings. The summed E-state index contributed by atoms with van der Waals surface area (Å²) in [6, 6.07) is 6.88. The predicted molar refractivity (Wildman–Crippen MR) is 96.8 cm³/mol. The van der Waals surface area contributed by atoms with Crippen molar-refractivity contribution in [2.24, 2.45) is 0 Å². The average molecular weight is 409 g/mol. The maximum atomic E-state index is 12.7. The zero-order valence-corrected chi connectivity index (χ0v) is 15.6. The highest BCUT2D eigenvalue weighted by atomic mass is 32.1. The molecule has 1 aliphatic heterocycles. The zero-order valence-electron chi connectivity index (χ0n) is 14.8. The maximum Gasteiger partial charge on any atom is 0.387 e. The molecule has 1 aromatic carbocycles. The molecule has 148 valence electrons. The van der Waals surface area contributed by atoms with Crippen molar-refractivity contribution >= 4 is 29.2 Å². The molecule has 0 aliphatic carbocycles. The van der Waals surface area contributed by atoms with Gasteiger partial charge in [-0.3, -0.25) is 14.5 Å². The summed E-state index contributed by atoms with van der Waals surface area (Å²) >= 11 is 1.40. The third-order valence-corrected chi connectivity index (χ3v) is 5.00. The van der Waals surface area contributed by atoms with Gasteiger partial charge in [-0.15, -0.1) is 0 Å². The molecule has 2 heterocycles. The summed E-state index contributed by atoms with van der Waals surface area (Å²) in [5.41, 5.74) is 0.109. The summed E-state index contributed by atoms with van der Waals surface area (Å²) in [6.07, 6.45) is 0. The minimum atomic E-state index is -2.91. The Hall–Kier alpha value is -3.01. The van der Waals surface area contributed by atoms with Gasteiger partial charge in [0.15, 0.2) is 0 Å². The number of imide groups is 1. The van der Waals surface area contributed by atoms with E-state index in [0.717, 1.165) is 4.90 Å². The van der Waals surface area contributed by atoms with E-state index in [1.54, 1.807) is 23.8 Å². The van der Waals surface area contributed by atoms with Crippen molar-refractivity contribution in [3.63, 3.8) is 0 Å². The number of hydrogen-bond donors (Lipinski definition) is 2. The molecule has 2 N–H and O–H groups in total. The van der Waals surface area contributed by atoms with Crippen LogP contribution in [0.3, 0.4) is 0 Å². The van der Waals surface area contributed by atoms with Crippen LogP contribution in [-0.2, 0) is 21.7 Å². The summed E-state index contributed by atoms with van der Waals surface area (Å²) in [4.78, 5) is 37.9. The third-order valence-electron chi connectivity index (χ3n) is 4.31.